The largest absolute Gasteiger partial charge is 0.394 e. The Bertz CT molecular complexity index is 1290. The topological polar surface area (TPSA) is 228 Å². The van der Waals surface area contributed by atoms with E-state index in [0.717, 1.165) is 64.2 Å². The number of unbranched alkanes of at least 4 members (excludes halogenated alkanes) is 35. The molecule has 12 unspecified atom stereocenters. The molecule has 0 bridgehead atoms. The fraction of sp³-hybridized carbons (Fsp3) is 0.950. The van der Waals surface area contributed by atoms with Crippen LogP contribution in [0.1, 0.15) is 271 Å². The first-order valence-corrected chi connectivity index (χ1v) is 30.9. The summed E-state index contributed by atoms with van der Waals surface area (Å²) in [6.45, 7) is 2.85. The number of hydrogen-bond acceptors (Lipinski definition) is 13. The first-order chi connectivity index (χ1) is 36.1. The van der Waals surface area contributed by atoms with Crippen LogP contribution >= 0.6 is 0 Å². The zero-order valence-electron chi connectivity index (χ0n) is 47.1. The summed E-state index contributed by atoms with van der Waals surface area (Å²) in [5.74, 6) is -0.213. The minimum Gasteiger partial charge on any atom is -0.394 e. The smallest absolute Gasteiger partial charge is 0.220 e. The molecule has 1 amide bonds. The van der Waals surface area contributed by atoms with Crippen molar-refractivity contribution >= 4 is 5.91 Å². The number of carbonyl (C=O) groups excluding carboxylic acids is 1. The van der Waals surface area contributed by atoms with Gasteiger partial charge in [0.15, 0.2) is 12.6 Å². The second-order valence-electron chi connectivity index (χ2n) is 22.2. The number of ether oxygens (including phenoxy) is 4. The van der Waals surface area contributed by atoms with Crippen molar-refractivity contribution in [2.24, 2.45) is 0 Å². The van der Waals surface area contributed by atoms with Crippen LogP contribution in [0.2, 0.25) is 0 Å². The van der Waals surface area contributed by atoms with E-state index in [0.29, 0.717) is 19.3 Å². The van der Waals surface area contributed by atoms with Crippen LogP contribution in [-0.2, 0) is 23.7 Å². The quantitative estimate of drug-likeness (QED) is 0.0204. The average Bonchev–Trinajstić information content (AvgIpc) is 3.40. The maximum atomic E-state index is 13.2. The van der Waals surface area contributed by atoms with Gasteiger partial charge in [-0.05, 0) is 38.5 Å². The van der Waals surface area contributed by atoms with Gasteiger partial charge in [-0.1, -0.05) is 238 Å². The Morgan fingerprint density at radius 1 is 0.473 bits per heavy atom. The molecule has 12 atom stereocenters. The lowest BCUT2D eigenvalue weighted by atomic mass is 9.97. The summed E-state index contributed by atoms with van der Waals surface area (Å²) in [6, 6.07) is -0.829. The fourth-order valence-electron chi connectivity index (χ4n) is 10.5. The van der Waals surface area contributed by atoms with Crippen LogP contribution in [-0.4, -0.2) is 140 Å². The SMILES string of the molecule is CCCCC/C=C\CCCCCCCC(=O)NC(COC1OC(CO)C(OC2OC(CO)C(O)C(O)C2O)C(O)C1O)C(O)CCCCCCCCCCCCCCCCCCCCCCCCCCCCCC. The van der Waals surface area contributed by atoms with Gasteiger partial charge in [0.25, 0.3) is 0 Å². The van der Waals surface area contributed by atoms with E-state index in [1.54, 1.807) is 0 Å². The molecule has 2 saturated heterocycles. The van der Waals surface area contributed by atoms with E-state index in [-0.39, 0.29) is 12.5 Å². The van der Waals surface area contributed by atoms with Crippen LogP contribution in [0.25, 0.3) is 0 Å². The molecule has 2 heterocycles. The van der Waals surface area contributed by atoms with Gasteiger partial charge >= 0.3 is 0 Å². The molecule has 2 rings (SSSR count). The van der Waals surface area contributed by atoms with E-state index < -0.39 is 86.8 Å². The normalized spacial score (nSPS) is 25.2. The molecule has 14 nitrogen and oxygen atoms in total. The van der Waals surface area contributed by atoms with Gasteiger partial charge in [-0.3, -0.25) is 4.79 Å². The number of rotatable bonds is 50. The fourth-order valence-corrected chi connectivity index (χ4v) is 10.5. The highest BCUT2D eigenvalue weighted by molar-refractivity contribution is 5.76. The summed E-state index contributed by atoms with van der Waals surface area (Å²) >= 11 is 0. The Morgan fingerprint density at radius 2 is 0.851 bits per heavy atom. The molecule has 0 aromatic rings. The van der Waals surface area contributed by atoms with Crippen LogP contribution in [0.3, 0.4) is 0 Å². The van der Waals surface area contributed by atoms with Gasteiger partial charge in [0.2, 0.25) is 5.91 Å². The summed E-state index contributed by atoms with van der Waals surface area (Å²) in [5, 5.41) is 87.2. The number of allylic oxidation sites excluding steroid dienone is 2. The van der Waals surface area contributed by atoms with Crippen LogP contribution < -0.4 is 5.32 Å². The molecule has 0 aromatic heterocycles. The van der Waals surface area contributed by atoms with Crippen molar-refractivity contribution in [3.8, 4) is 0 Å². The third-order valence-electron chi connectivity index (χ3n) is 15.5. The number of carbonyl (C=O) groups is 1. The van der Waals surface area contributed by atoms with Crippen molar-refractivity contribution in [1.29, 1.82) is 0 Å². The van der Waals surface area contributed by atoms with E-state index in [4.69, 9.17) is 18.9 Å². The van der Waals surface area contributed by atoms with E-state index in [2.05, 4.69) is 31.3 Å². The Hall–Kier alpha value is -1.27. The molecule has 74 heavy (non-hydrogen) atoms. The van der Waals surface area contributed by atoms with Crippen molar-refractivity contribution in [2.45, 2.75) is 344 Å². The minimum absolute atomic E-state index is 0.213. The summed E-state index contributed by atoms with van der Waals surface area (Å²) in [6.07, 6.45) is 36.6. The second kappa shape index (κ2) is 46.6. The monoisotopic (exact) mass is 1060 g/mol. The highest BCUT2D eigenvalue weighted by Crippen LogP contribution is 2.30. The standard InChI is InChI=1S/C60H115NO13/c1-3-5-7-9-11-13-15-17-18-19-20-21-22-23-24-25-26-27-28-29-30-31-32-33-35-37-39-41-43-49(64)48(61-52(65)44-42-40-38-36-34-16-14-12-10-8-6-4-2)47-71-59-57(70)55(68)58(51(46-63)73-59)74-60-56(69)54(67)53(66)50(45-62)72-60/h12,14,48-51,53-60,62-64,66-70H,3-11,13,15-47H2,1-2H3,(H,61,65)/b14-12-. The molecular formula is C60H115NO13. The third-order valence-corrected chi connectivity index (χ3v) is 15.5. The lowest BCUT2D eigenvalue weighted by Crippen LogP contribution is -2.65. The Kier molecular flexibility index (Phi) is 43.4. The summed E-state index contributed by atoms with van der Waals surface area (Å²) in [4.78, 5) is 13.2. The number of amides is 1. The molecule has 0 aromatic carbocycles. The van der Waals surface area contributed by atoms with Crippen LogP contribution in [0, 0.1) is 0 Å². The summed E-state index contributed by atoms with van der Waals surface area (Å²) in [5.41, 5.74) is 0. The third kappa shape index (κ3) is 32.0. The van der Waals surface area contributed by atoms with Crippen molar-refractivity contribution in [2.75, 3.05) is 19.8 Å². The first-order valence-electron chi connectivity index (χ1n) is 30.9. The molecule has 0 radical (unpaired) electrons. The highest BCUT2D eigenvalue weighted by Gasteiger charge is 2.51. The highest BCUT2D eigenvalue weighted by atomic mass is 16.7. The molecule has 2 fully saturated rings. The second-order valence-corrected chi connectivity index (χ2v) is 22.2. The van der Waals surface area contributed by atoms with Crippen LogP contribution in [0.5, 0.6) is 0 Å². The number of hydrogen-bond donors (Lipinski definition) is 9. The van der Waals surface area contributed by atoms with Crippen molar-refractivity contribution in [3.63, 3.8) is 0 Å². The van der Waals surface area contributed by atoms with Gasteiger partial charge in [-0.15, -0.1) is 0 Å². The lowest BCUT2D eigenvalue weighted by Gasteiger charge is -2.46. The van der Waals surface area contributed by atoms with Gasteiger partial charge in [0.05, 0.1) is 32.0 Å². The van der Waals surface area contributed by atoms with E-state index in [1.807, 2.05) is 0 Å². The molecule has 14 heteroatoms. The Balaban J connectivity index is 1.67. The molecule has 0 saturated carbocycles. The van der Waals surface area contributed by atoms with E-state index in [1.165, 1.54) is 173 Å². The number of aliphatic hydroxyl groups excluding tert-OH is 8. The molecule has 438 valence electrons. The van der Waals surface area contributed by atoms with E-state index in [9.17, 15) is 45.6 Å². The summed E-state index contributed by atoms with van der Waals surface area (Å²) < 4.78 is 22.8. The number of aliphatic hydroxyl groups is 8. The predicted octanol–water partition coefficient (Wildman–Crippen LogP) is 10.7. The Labute approximate surface area is 450 Å². The van der Waals surface area contributed by atoms with Gasteiger partial charge in [-0.2, -0.15) is 0 Å². The van der Waals surface area contributed by atoms with Crippen molar-refractivity contribution in [3.05, 3.63) is 12.2 Å². The van der Waals surface area contributed by atoms with Gasteiger partial charge in [-0.25, -0.2) is 0 Å². The maximum absolute atomic E-state index is 13.2. The minimum atomic E-state index is -1.78. The predicted molar refractivity (Wildman–Crippen MR) is 295 cm³/mol. The molecular weight excluding hydrogens is 943 g/mol. The van der Waals surface area contributed by atoms with Crippen molar-refractivity contribution < 1.29 is 64.6 Å². The maximum Gasteiger partial charge on any atom is 0.220 e. The van der Waals surface area contributed by atoms with Gasteiger partial charge < -0.3 is 65.1 Å². The molecule has 2 aliphatic rings. The van der Waals surface area contributed by atoms with Crippen molar-refractivity contribution in [1.82, 2.24) is 5.32 Å². The summed E-state index contributed by atoms with van der Waals surface area (Å²) in [7, 11) is 0. The van der Waals surface area contributed by atoms with E-state index >= 15 is 0 Å². The van der Waals surface area contributed by atoms with Gasteiger partial charge in [0.1, 0.15) is 48.8 Å². The Morgan fingerprint density at radius 3 is 1.31 bits per heavy atom. The van der Waals surface area contributed by atoms with Crippen LogP contribution in [0.4, 0.5) is 0 Å². The van der Waals surface area contributed by atoms with Gasteiger partial charge in [0, 0.05) is 6.42 Å². The zero-order chi connectivity index (χ0) is 53.9. The molecule has 2 aliphatic heterocycles. The van der Waals surface area contributed by atoms with Crippen LogP contribution in [0.15, 0.2) is 12.2 Å². The molecule has 9 N–H and O–H groups in total. The average molecular weight is 1060 g/mol. The first kappa shape index (κ1) is 68.8. The zero-order valence-corrected chi connectivity index (χ0v) is 47.1. The molecule has 0 aliphatic carbocycles. The number of nitrogens with one attached hydrogen (secondary N) is 1. The molecule has 0 spiro atoms. The lowest BCUT2D eigenvalue weighted by molar-refractivity contribution is -0.359.